The first-order chi connectivity index (χ1) is 9.86. The monoisotopic (exact) mass is 270 g/mol. The Bertz CT molecular complexity index is 501. The molecule has 0 bridgehead atoms. The van der Waals surface area contributed by atoms with Gasteiger partial charge < -0.3 is 0 Å². The van der Waals surface area contributed by atoms with Crippen LogP contribution >= 0.6 is 0 Å². The zero-order valence-electron chi connectivity index (χ0n) is 13.3. The highest BCUT2D eigenvalue weighted by atomic mass is 16.1. The molecule has 2 aromatic rings. The lowest BCUT2D eigenvalue weighted by Gasteiger charge is -2.09. The summed E-state index contributed by atoms with van der Waals surface area (Å²) in [6, 6.07) is 15.9. The molecule has 0 N–H and O–H groups in total. The van der Waals surface area contributed by atoms with Crippen molar-refractivity contribution in [2.75, 3.05) is 0 Å². The molecule has 0 unspecified atom stereocenters. The summed E-state index contributed by atoms with van der Waals surface area (Å²) in [6.07, 6.45) is 1.89. The van der Waals surface area contributed by atoms with Crippen molar-refractivity contribution in [3.05, 3.63) is 59.7 Å². The van der Waals surface area contributed by atoms with Gasteiger partial charge in [-0.25, -0.2) is 0 Å². The summed E-state index contributed by atoms with van der Waals surface area (Å²) in [4.78, 5) is 11.0. The molecule has 0 fully saturated rings. The van der Waals surface area contributed by atoms with Gasteiger partial charge in [-0.15, -0.1) is 0 Å². The van der Waals surface area contributed by atoms with Crippen LogP contribution in [0, 0.1) is 0 Å². The first-order valence-corrected chi connectivity index (χ1v) is 7.49. The third-order valence-electron chi connectivity index (χ3n) is 2.78. The predicted molar refractivity (Wildman–Crippen MR) is 89.3 cm³/mol. The Labute approximate surface area is 123 Å². The van der Waals surface area contributed by atoms with Gasteiger partial charge in [-0.2, -0.15) is 0 Å². The van der Waals surface area contributed by atoms with Crippen LogP contribution in [0.3, 0.4) is 0 Å². The minimum Gasteiger partial charge on any atom is -0.298 e. The van der Waals surface area contributed by atoms with E-state index in [9.17, 15) is 4.79 Å². The van der Waals surface area contributed by atoms with Gasteiger partial charge in [0, 0.05) is 5.56 Å². The molecular weight excluding hydrogens is 244 g/mol. The molecule has 1 heteroatoms. The fourth-order valence-electron chi connectivity index (χ4n) is 1.94. The van der Waals surface area contributed by atoms with Gasteiger partial charge >= 0.3 is 0 Å². The van der Waals surface area contributed by atoms with E-state index in [2.05, 4.69) is 19.1 Å². The van der Waals surface area contributed by atoms with Crippen LogP contribution < -0.4 is 0 Å². The van der Waals surface area contributed by atoms with E-state index in [1.54, 1.807) is 0 Å². The molecule has 0 atom stereocenters. The van der Waals surface area contributed by atoms with Crippen LogP contribution in [0.25, 0.3) is 11.1 Å². The smallest absolute Gasteiger partial charge is 0.150 e. The summed E-state index contributed by atoms with van der Waals surface area (Å²) >= 11 is 0. The zero-order valence-corrected chi connectivity index (χ0v) is 13.3. The Kier molecular flexibility index (Phi) is 9.94. The van der Waals surface area contributed by atoms with E-state index in [0.717, 1.165) is 29.4 Å². The molecule has 0 saturated heterocycles. The maximum atomic E-state index is 11.0. The van der Waals surface area contributed by atoms with Gasteiger partial charge in [-0.3, -0.25) is 4.79 Å². The second-order valence-corrected chi connectivity index (χ2v) is 3.72. The van der Waals surface area contributed by atoms with Crippen molar-refractivity contribution < 1.29 is 4.79 Å². The molecule has 0 aliphatic rings. The highest BCUT2D eigenvalue weighted by molar-refractivity contribution is 5.88. The molecule has 1 nitrogen and oxygen atoms in total. The van der Waals surface area contributed by atoms with Crippen molar-refractivity contribution >= 4 is 6.29 Å². The number of aldehydes is 1. The number of carbonyl (C=O) groups excluding carboxylic acids is 1. The first kappa shape index (κ1) is 18.1. The summed E-state index contributed by atoms with van der Waals surface area (Å²) in [5, 5.41) is 0. The molecule has 20 heavy (non-hydrogen) atoms. The maximum absolute atomic E-state index is 11.0. The number of rotatable bonds is 3. The molecule has 0 aliphatic carbocycles. The standard InChI is InChI=1S/C15H14O.2C2H6/c1-2-12-7-3-5-9-14(12)15-10-6-4-8-13(15)11-16;2*1-2/h3-11H,2H2,1H3;2*1-2H3. The predicted octanol–water partition coefficient (Wildman–Crippen LogP) is 5.78. The molecule has 2 rings (SSSR count). The third kappa shape index (κ3) is 4.65. The summed E-state index contributed by atoms with van der Waals surface area (Å²) in [7, 11) is 0. The van der Waals surface area contributed by atoms with Crippen molar-refractivity contribution in [3.8, 4) is 11.1 Å². The number of carbonyl (C=O) groups is 1. The zero-order chi connectivity index (χ0) is 15.4. The summed E-state index contributed by atoms with van der Waals surface area (Å²) in [6.45, 7) is 10.1. The Balaban J connectivity index is 0.000000829. The fraction of sp³-hybridized carbons (Fsp3) is 0.316. The van der Waals surface area contributed by atoms with Crippen molar-refractivity contribution in [1.82, 2.24) is 0 Å². The molecular formula is C19H26O. The van der Waals surface area contributed by atoms with Crippen molar-refractivity contribution in [2.24, 2.45) is 0 Å². The Morgan fingerprint density at radius 2 is 1.30 bits per heavy atom. The SMILES string of the molecule is CC.CC.CCc1ccccc1-c1ccccc1C=O. The van der Waals surface area contributed by atoms with Crippen LogP contribution in [0.1, 0.15) is 50.5 Å². The maximum Gasteiger partial charge on any atom is 0.150 e. The average Bonchev–Trinajstić information content (AvgIpc) is 2.58. The van der Waals surface area contributed by atoms with Crippen molar-refractivity contribution in [1.29, 1.82) is 0 Å². The molecule has 0 radical (unpaired) electrons. The molecule has 0 spiro atoms. The van der Waals surface area contributed by atoms with Crippen LogP contribution in [0.5, 0.6) is 0 Å². The topological polar surface area (TPSA) is 17.1 Å². The first-order valence-electron chi connectivity index (χ1n) is 7.49. The lowest BCUT2D eigenvalue weighted by Crippen LogP contribution is -1.91. The van der Waals surface area contributed by atoms with Crippen LogP contribution in [0.2, 0.25) is 0 Å². The molecule has 0 amide bonds. The molecule has 0 aliphatic heterocycles. The van der Waals surface area contributed by atoms with Crippen LogP contribution in [-0.4, -0.2) is 6.29 Å². The average molecular weight is 270 g/mol. The van der Waals surface area contributed by atoms with E-state index < -0.39 is 0 Å². The van der Waals surface area contributed by atoms with Gasteiger partial charge in [0.15, 0.2) is 6.29 Å². The second-order valence-electron chi connectivity index (χ2n) is 3.72. The van der Waals surface area contributed by atoms with E-state index >= 15 is 0 Å². The van der Waals surface area contributed by atoms with Crippen LogP contribution in [-0.2, 0) is 6.42 Å². The van der Waals surface area contributed by atoms with Gasteiger partial charge in [0.2, 0.25) is 0 Å². The minimum absolute atomic E-state index is 0.753. The van der Waals surface area contributed by atoms with Gasteiger partial charge in [0.05, 0.1) is 0 Å². The Morgan fingerprint density at radius 1 is 0.800 bits per heavy atom. The van der Waals surface area contributed by atoms with Gasteiger partial charge in [-0.05, 0) is 23.1 Å². The van der Waals surface area contributed by atoms with E-state index in [0.29, 0.717) is 0 Å². The van der Waals surface area contributed by atoms with E-state index in [1.165, 1.54) is 5.56 Å². The van der Waals surface area contributed by atoms with Gasteiger partial charge in [-0.1, -0.05) is 83.1 Å². The molecule has 2 aromatic carbocycles. The van der Waals surface area contributed by atoms with Crippen molar-refractivity contribution in [3.63, 3.8) is 0 Å². The number of aryl methyl sites for hydroxylation is 1. The number of benzene rings is 2. The lowest BCUT2D eigenvalue weighted by molar-refractivity contribution is 0.112. The normalized spacial score (nSPS) is 8.65. The quantitative estimate of drug-likeness (QED) is 0.646. The molecule has 0 aromatic heterocycles. The number of hydrogen-bond donors (Lipinski definition) is 0. The second kappa shape index (κ2) is 11.0. The molecule has 0 saturated carbocycles. The lowest BCUT2D eigenvalue weighted by atomic mass is 9.95. The Morgan fingerprint density at radius 3 is 1.85 bits per heavy atom. The highest BCUT2D eigenvalue weighted by Gasteiger charge is 2.06. The largest absolute Gasteiger partial charge is 0.298 e. The minimum atomic E-state index is 0.753. The van der Waals surface area contributed by atoms with E-state index in [4.69, 9.17) is 0 Å². The summed E-state index contributed by atoms with van der Waals surface area (Å²) in [5.74, 6) is 0. The van der Waals surface area contributed by atoms with Crippen molar-refractivity contribution in [2.45, 2.75) is 41.0 Å². The Hall–Kier alpha value is -1.89. The van der Waals surface area contributed by atoms with Crippen LogP contribution in [0.4, 0.5) is 0 Å². The fourth-order valence-corrected chi connectivity index (χ4v) is 1.94. The van der Waals surface area contributed by atoms with E-state index in [1.807, 2.05) is 64.1 Å². The molecule has 108 valence electrons. The summed E-state index contributed by atoms with van der Waals surface area (Å²) < 4.78 is 0. The summed E-state index contributed by atoms with van der Waals surface area (Å²) in [5.41, 5.74) is 4.21. The van der Waals surface area contributed by atoms with E-state index in [-0.39, 0.29) is 0 Å². The van der Waals surface area contributed by atoms with Crippen LogP contribution in [0.15, 0.2) is 48.5 Å². The number of hydrogen-bond acceptors (Lipinski definition) is 1. The van der Waals surface area contributed by atoms with Gasteiger partial charge in [0.1, 0.15) is 0 Å². The van der Waals surface area contributed by atoms with Gasteiger partial charge in [0.25, 0.3) is 0 Å². The highest BCUT2D eigenvalue weighted by Crippen LogP contribution is 2.26. The molecule has 0 heterocycles. The third-order valence-corrected chi connectivity index (χ3v) is 2.78.